The van der Waals surface area contributed by atoms with Gasteiger partial charge in [0.1, 0.15) is 6.61 Å². The van der Waals surface area contributed by atoms with Crippen LogP contribution in [0.2, 0.25) is 0 Å². The van der Waals surface area contributed by atoms with Crippen LogP contribution in [0.25, 0.3) is 0 Å². The Labute approximate surface area is 100 Å². The molecule has 0 amide bonds. The number of methoxy groups -OCH3 is 1. The van der Waals surface area contributed by atoms with Crippen molar-refractivity contribution in [3.8, 4) is 0 Å². The summed E-state index contributed by atoms with van der Waals surface area (Å²) in [6.45, 7) is 2.40. The Morgan fingerprint density at radius 3 is 2.53 bits per heavy atom. The van der Waals surface area contributed by atoms with Crippen molar-refractivity contribution in [3.63, 3.8) is 0 Å². The molecular formula is C12H17NO4. The van der Waals surface area contributed by atoms with Gasteiger partial charge in [0.25, 0.3) is 0 Å². The number of hydrogen-bond acceptors (Lipinski definition) is 5. The number of carbonyl (C=O) groups excluding carboxylic acids is 1. The number of carbonyl (C=O) groups is 1. The molecular weight excluding hydrogens is 222 g/mol. The molecule has 2 N–H and O–H groups in total. The van der Waals surface area contributed by atoms with E-state index in [9.17, 15) is 4.79 Å². The minimum Gasteiger partial charge on any atom is -0.457 e. The molecule has 1 atom stereocenters. The van der Waals surface area contributed by atoms with Crippen LogP contribution in [0.3, 0.4) is 0 Å². The van der Waals surface area contributed by atoms with E-state index in [1.54, 1.807) is 24.3 Å². The summed E-state index contributed by atoms with van der Waals surface area (Å²) in [4.78, 5) is 11.6. The molecule has 0 aromatic heterocycles. The number of nitrogens with two attached hydrogens (primary N) is 1. The van der Waals surface area contributed by atoms with Gasteiger partial charge < -0.3 is 19.9 Å². The number of hydrogen-bond donors (Lipinski definition) is 1. The minimum absolute atomic E-state index is 0.0630. The second-order valence-corrected chi connectivity index (χ2v) is 3.34. The summed E-state index contributed by atoms with van der Waals surface area (Å²) in [5.41, 5.74) is 6.57. The molecule has 1 aromatic rings. The highest BCUT2D eigenvalue weighted by Gasteiger charge is 2.12. The average Bonchev–Trinajstić information content (AvgIpc) is 2.35. The fraction of sp³-hybridized carbons (Fsp3) is 0.417. The lowest BCUT2D eigenvalue weighted by Gasteiger charge is -2.15. The van der Waals surface area contributed by atoms with E-state index >= 15 is 0 Å². The van der Waals surface area contributed by atoms with E-state index in [1.165, 1.54) is 7.11 Å². The number of benzene rings is 1. The van der Waals surface area contributed by atoms with Crippen LogP contribution in [0.1, 0.15) is 17.3 Å². The Hall–Kier alpha value is -1.59. The summed E-state index contributed by atoms with van der Waals surface area (Å²) < 4.78 is 15.2. The van der Waals surface area contributed by atoms with Crippen molar-refractivity contribution < 1.29 is 19.0 Å². The molecule has 0 heterocycles. The second kappa shape index (κ2) is 6.88. The van der Waals surface area contributed by atoms with E-state index in [0.29, 0.717) is 17.9 Å². The van der Waals surface area contributed by atoms with Crippen molar-refractivity contribution in [1.82, 2.24) is 0 Å². The van der Waals surface area contributed by atoms with Crippen LogP contribution in [0.4, 0.5) is 5.69 Å². The minimum atomic E-state index is -0.530. The lowest BCUT2D eigenvalue weighted by atomic mass is 10.2. The van der Waals surface area contributed by atoms with Gasteiger partial charge in [0.05, 0.1) is 5.56 Å². The highest BCUT2D eigenvalue weighted by atomic mass is 16.7. The third kappa shape index (κ3) is 4.42. The third-order valence-corrected chi connectivity index (χ3v) is 2.11. The molecule has 5 nitrogen and oxygen atoms in total. The maximum Gasteiger partial charge on any atom is 0.338 e. The molecule has 0 saturated carbocycles. The lowest BCUT2D eigenvalue weighted by molar-refractivity contribution is -0.144. The molecule has 0 fully saturated rings. The largest absolute Gasteiger partial charge is 0.457 e. The first kappa shape index (κ1) is 13.5. The maximum absolute atomic E-state index is 11.6. The van der Waals surface area contributed by atoms with Gasteiger partial charge in [-0.1, -0.05) is 0 Å². The number of ether oxygens (including phenoxy) is 3. The summed E-state index contributed by atoms with van der Waals surface area (Å²) >= 11 is 0. The molecule has 0 aliphatic heterocycles. The molecule has 0 aliphatic carbocycles. The predicted molar refractivity (Wildman–Crippen MR) is 63.6 cm³/mol. The zero-order chi connectivity index (χ0) is 12.7. The van der Waals surface area contributed by atoms with E-state index < -0.39 is 12.3 Å². The summed E-state index contributed by atoms with van der Waals surface area (Å²) in [6, 6.07) is 6.51. The molecule has 5 heteroatoms. The summed E-state index contributed by atoms with van der Waals surface area (Å²) in [6.07, 6.45) is -0.530. The fourth-order valence-electron chi connectivity index (χ4n) is 1.22. The van der Waals surface area contributed by atoms with Crippen molar-refractivity contribution in [3.05, 3.63) is 29.8 Å². The lowest BCUT2D eigenvalue weighted by Crippen LogP contribution is -2.24. The highest BCUT2D eigenvalue weighted by Crippen LogP contribution is 2.07. The van der Waals surface area contributed by atoms with E-state index in [0.717, 1.165) is 0 Å². The Morgan fingerprint density at radius 1 is 1.35 bits per heavy atom. The normalized spacial score (nSPS) is 12.1. The molecule has 0 bridgehead atoms. The van der Waals surface area contributed by atoms with Gasteiger partial charge in [0, 0.05) is 19.4 Å². The van der Waals surface area contributed by atoms with Crippen LogP contribution in [0.5, 0.6) is 0 Å². The quantitative estimate of drug-likeness (QED) is 0.462. The monoisotopic (exact) mass is 239 g/mol. The van der Waals surface area contributed by atoms with Crippen LogP contribution in [0.15, 0.2) is 24.3 Å². The zero-order valence-electron chi connectivity index (χ0n) is 10.0. The van der Waals surface area contributed by atoms with E-state index in [-0.39, 0.29) is 6.61 Å². The maximum atomic E-state index is 11.6. The van der Waals surface area contributed by atoms with E-state index in [4.69, 9.17) is 19.9 Å². The molecule has 0 saturated heterocycles. The number of esters is 1. The van der Waals surface area contributed by atoms with Gasteiger partial charge in [-0.25, -0.2) is 4.79 Å². The van der Waals surface area contributed by atoms with Crippen molar-refractivity contribution in [2.24, 2.45) is 0 Å². The second-order valence-electron chi connectivity index (χ2n) is 3.34. The standard InChI is InChI=1S/C12H17NO4/c1-3-16-11(15-2)8-17-12(14)9-4-6-10(13)7-5-9/h4-7,11H,3,8,13H2,1-2H3. The van der Waals surface area contributed by atoms with Gasteiger partial charge in [0.2, 0.25) is 0 Å². The average molecular weight is 239 g/mol. The Balaban J connectivity index is 2.46. The smallest absolute Gasteiger partial charge is 0.338 e. The van der Waals surface area contributed by atoms with Crippen LogP contribution in [-0.2, 0) is 14.2 Å². The van der Waals surface area contributed by atoms with Crippen LogP contribution in [0, 0.1) is 0 Å². The first-order chi connectivity index (χ1) is 8.17. The van der Waals surface area contributed by atoms with Gasteiger partial charge in [-0.3, -0.25) is 0 Å². The third-order valence-electron chi connectivity index (χ3n) is 2.11. The molecule has 17 heavy (non-hydrogen) atoms. The Morgan fingerprint density at radius 2 is 2.00 bits per heavy atom. The molecule has 0 spiro atoms. The first-order valence-electron chi connectivity index (χ1n) is 5.34. The van der Waals surface area contributed by atoms with Gasteiger partial charge in [-0.15, -0.1) is 0 Å². The number of rotatable bonds is 6. The van der Waals surface area contributed by atoms with Gasteiger partial charge in [0.15, 0.2) is 6.29 Å². The van der Waals surface area contributed by atoms with Crippen molar-refractivity contribution in [2.45, 2.75) is 13.2 Å². The molecule has 1 rings (SSSR count). The molecule has 94 valence electrons. The molecule has 0 aliphatic rings. The SMILES string of the molecule is CCOC(COC(=O)c1ccc(N)cc1)OC. The van der Waals surface area contributed by atoms with Crippen molar-refractivity contribution >= 4 is 11.7 Å². The summed E-state index contributed by atoms with van der Waals surface area (Å²) in [5, 5.41) is 0. The Bertz CT molecular complexity index is 350. The molecule has 1 unspecified atom stereocenters. The van der Waals surface area contributed by atoms with Crippen LogP contribution < -0.4 is 5.73 Å². The molecule has 1 aromatic carbocycles. The Kier molecular flexibility index (Phi) is 5.45. The van der Waals surface area contributed by atoms with E-state index in [1.807, 2.05) is 6.92 Å². The van der Waals surface area contributed by atoms with E-state index in [2.05, 4.69) is 0 Å². The van der Waals surface area contributed by atoms with Crippen LogP contribution in [-0.4, -0.2) is 32.6 Å². The van der Waals surface area contributed by atoms with Crippen molar-refractivity contribution in [2.75, 3.05) is 26.1 Å². The first-order valence-corrected chi connectivity index (χ1v) is 5.34. The van der Waals surface area contributed by atoms with Gasteiger partial charge in [-0.05, 0) is 31.2 Å². The summed E-state index contributed by atoms with van der Waals surface area (Å²) in [5.74, 6) is -0.424. The number of nitrogen functional groups attached to an aromatic ring is 1. The fourth-order valence-corrected chi connectivity index (χ4v) is 1.22. The topological polar surface area (TPSA) is 70.8 Å². The van der Waals surface area contributed by atoms with Gasteiger partial charge in [-0.2, -0.15) is 0 Å². The van der Waals surface area contributed by atoms with Gasteiger partial charge >= 0.3 is 5.97 Å². The highest BCUT2D eigenvalue weighted by molar-refractivity contribution is 5.89. The number of anilines is 1. The van der Waals surface area contributed by atoms with Crippen LogP contribution >= 0.6 is 0 Å². The summed E-state index contributed by atoms with van der Waals surface area (Å²) in [7, 11) is 1.50. The zero-order valence-corrected chi connectivity index (χ0v) is 10.0. The van der Waals surface area contributed by atoms with Crippen molar-refractivity contribution in [1.29, 1.82) is 0 Å². The molecule has 0 radical (unpaired) electrons. The predicted octanol–water partition coefficient (Wildman–Crippen LogP) is 1.43.